The van der Waals surface area contributed by atoms with Crippen molar-refractivity contribution in [1.29, 1.82) is 0 Å². The molecule has 0 saturated carbocycles. The van der Waals surface area contributed by atoms with E-state index < -0.39 is 66.2 Å². The van der Waals surface area contributed by atoms with Crippen LogP contribution in [-0.2, 0) is 41.8 Å². The molecule has 0 aliphatic carbocycles. The second-order valence-electron chi connectivity index (χ2n) is 15.2. The first-order valence-electron chi connectivity index (χ1n) is 23.0. The summed E-state index contributed by atoms with van der Waals surface area (Å²) in [5.41, 5.74) is 0. The number of ether oxygens (including phenoxy) is 2. The summed E-state index contributed by atoms with van der Waals surface area (Å²) in [5.74, 6) is -1.16. The highest BCUT2D eigenvalue weighted by atomic mass is 31.2. The van der Waals surface area contributed by atoms with Crippen LogP contribution in [-0.4, -0.2) is 81.6 Å². The zero-order valence-corrected chi connectivity index (χ0v) is 40.2. The summed E-state index contributed by atoms with van der Waals surface area (Å²) >= 11 is 0. The fourth-order valence-electron chi connectivity index (χ4n) is 5.46. The van der Waals surface area contributed by atoms with Gasteiger partial charge in [0, 0.05) is 12.8 Å². The quantitative estimate of drug-likeness (QED) is 0.0167. The molecule has 0 bridgehead atoms. The molecule has 0 aromatic rings. The lowest BCUT2D eigenvalue weighted by atomic mass is 10.1. The van der Waals surface area contributed by atoms with E-state index in [1.807, 2.05) is 12.2 Å². The second kappa shape index (κ2) is 42.6. The average Bonchev–Trinajstić information content (AvgIpc) is 3.24. The van der Waals surface area contributed by atoms with Crippen LogP contribution in [0.3, 0.4) is 0 Å². The van der Waals surface area contributed by atoms with Gasteiger partial charge in [0.1, 0.15) is 12.7 Å². The van der Waals surface area contributed by atoms with Gasteiger partial charge in [-0.05, 0) is 110 Å². The van der Waals surface area contributed by atoms with Gasteiger partial charge in [-0.2, -0.15) is 0 Å². The van der Waals surface area contributed by atoms with Crippen molar-refractivity contribution in [2.75, 3.05) is 26.4 Å². The molecular formula is C48H80O14P2. The Kier molecular flexibility index (Phi) is 40.6. The van der Waals surface area contributed by atoms with Gasteiger partial charge in [-0.3, -0.25) is 23.2 Å². The van der Waals surface area contributed by atoms with E-state index in [2.05, 4.69) is 101 Å². The number of rotatable bonds is 42. The number of allylic oxidation sites excluding steroid dienone is 16. The van der Waals surface area contributed by atoms with Gasteiger partial charge in [-0.15, -0.1) is 0 Å². The van der Waals surface area contributed by atoms with Gasteiger partial charge in [-0.1, -0.05) is 123 Å². The number of phosphoric ester groups is 2. The fourth-order valence-corrected chi connectivity index (χ4v) is 6.61. The smallest absolute Gasteiger partial charge is 0.462 e. The molecule has 0 aliphatic rings. The molecule has 0 fully saturated rings. The summed E-state index contributed by atoms with van der Waals surface area (Å²) in [5, 5.41) is 19.0. The van der Waals surface area contributed by atoms with Crippen LogP contribution in [0.25, 0.3) is 0 Å². The molecule has 0 amide bonds. The number of hydrogen-bond donors (Lipinski definition) is 5. The summed E-state index contributed by atoms with van der Waals surface area (Å²) in [6.45, 7) is 1.16. The van der Waals surface area contributed by atoms with E-state index >= 15 is 0 Å². The minimum Gasteiger partial charge on any atom is -0.462 e. The Labute approximate surface area is 383 Å². The zero-order valence-electron chi connectivity index (χ0n) is 38.5. The van der Waals surface area contributed by atoms with E-state index in [4.69, 9.17) is 23.8 Å². The summed E-state index contributed by atoms with van der Waals surface area (Å²) in [6.07, 6.45) is 48.2. The number of aliphatic hydroxyl groups excluding tert-OH is 2. The number of aliphatic hydroxyl groups is 2. The van der Waals surface area contributed by atoms with Gasteiger partial charge in [0.05, 0.1) is 25.9 Å². The van der Waals surface area contributed by atoms with E-state index in [0.717, 1.165) is 83.5 Å². The van der Waals surface area contributed by atoms with E-state index in [1.54, 1.807) is 6.92 Å². The van der Waals surface area contributed by atoms with Gasteiger partial charge in [0.2, 0.25) is 0 Å². The zero-order chi connectivity index (χ0) is 47.4. The number of phosphoric acid groups is 2. The molecule has 0 aromatic heterocycles. The van der Waals surface area contributed by atoms with E-state index in [0.29, 0.717) is 19.3 Å². The largest absolute Gasteiger partial charge is 0.472 e. The third-order valence-electron chi connectivity index (χ3n) is 8.95. The van der Waals surface area contributed by atoms with Crippen molar-refractivity contribution in [2.45, 2.75) is 167 Å². The van der Waals surface area contributed by atoms with Crippen LogP contribution >= 0.6 is 15.6 Å². The number of hydrogen-bond acceptors (Lipinski definition) is 11. The third kappa shape index (κ3) is 47.0. The summed E-state index contributed by atoms with van der Waals surface area (Å²) in [7, 11) is -9.73. The monoisotopic (exact) mass is 943 g/mol. The van der Waals surface area contributed by atoms with Crippen LogP contribution in [0.15, 0.2) is 97.2 Å². The highest BCUT2D eigenvalue weighted by Gasteiger charge is 2.28. The van der Waals surface area contributed by atoms with Crippen LogP contribution in [0.4, 0.5) is 0 Å². The van der Waals surface area contributed by atoms with Gasteiger partial charge >= 0.3 is 27.6 Å². The third-order valence-corrected chi connectivity index (χ3v) is 10.4. The van der Waals surface area contributed by atoms with Gasteiger partial charge in [0.25, 0.3) is 0 Å². The van der Waals surface area contributed by atoms with Crippen molar-refractivity contribution >= 4 is 27.6 Å². The van der Waals surface area contributed by atoms with Crippen molar-refractivity contribution < 1.29 is 66.7 Å². The minimum atomic E-state index is -4.88. The van der Waals surface area contributed by atoms with Crippen LogP contribution in [0.5, 0.6) is 0 Å². The molecule has 4 atom stereocenters. The Bertz CT molecular complexity index is 1510. The molecule has 14 nitrogen and oxygen atoms in total. The molecular weight excluding hydrogens is 862 g/mol. The number of carbonyl (C=O) groups is 2. The molecule has 0 spiro atoms. The maximum absolute atomic E-state index is 12.7. The Morgan fingerprint density at radius 2 is 0.922 bits per heavy atom. The molecule has 366 valence electrons. The number of unbranched alkanes of at least 4 members (excludes halogenated alkanes) is 8. The molecule has 0 radical (unpaired) electrons. The van der Waals surface area contributed by atoms with Crippen molar-refractivity contribution in [3.63, 3.8) is 0 Å². The Hall–Kier alpha value is -3.00. The first kappa shape index (κ1) is 61.0. The molecule has 0 aliphatic heterocycles. The standard InChI is InChI=1S/C48H80O14P2/c1-3-4-5-6-7-8-9-10-11-12-13-14-17-21-24-27-30-33-36-39-48(52)62-46(43-61-64(56,57)60-41-45(50)40-59-63(53,54)55)42-58-47(51)38-35-32-29-26-23-20-18-15-16-19-22-25-28-31-34-37-44(2)49/h7-8,10-11,13-14,16,18-21,24-26,28-29,44-46,49-50H,3-6,9,12,15,17,22-23,27,30-43H2,1-2H3,(H,56,57)(H2,53,54,55)/b8-7-,11-10-,14-13-,19-16-,20-18-,24-21-,28-25-,29-26-/t44-,45+,46-/m1/s1. The summed E-state index contributed by atoms with van der Waals surface area (Å²) < 4.78 is 47.7. The van der Waals surface area contributed by atoms with Crippen molar-refractivity contribution in [2.24, 2.45) is 0 Å². The van der Waals surface area contributed by atoms with Gasteiger partial charge < -0.3 is 34.4 Å². The topological polar surface area (TPSA) is 216 Å². The fraction of sp³-hybridized carbons (Fsp3) is 0.625. The van der Waals surface area contributed by atoms with E-state index in [1.165, 1.54) is 19.3 Å². The Balaban J connectivity index is 4.66. The summed E-state index contributed by atoms with van der Waals surface area (Å²) in [6, 6.07) is 0. The molecule has 0 rings (SSSR count). The van der Waals surface area contributed by atoms with Crippen molar-refractivity contribution in [3.05, 3.63) is 97.2 Å². The average molecular weight is 943 g/mol. The highest BCUT2D eigenvalue weighted by molar-refractivity contribution is 7.47. The Morgan fingerprint density at radius 3 is 1.41 bits per heavy atom. The SMILES string of the molecule is CCCCC/C=C\C/C=C\C/C=C\C/C=C\CCCCCC(=O)O[C@H](COC(=O)CCC/C=C\C/C=C\C/C=C\C/C=C\CCC[C@@H](C)O)COP(=O)(O)OC[C@@H](O)COP(=O)(O)O. The molecule has 0 saturated heterocycles. The maximum atomic E-state index is 12.7. The number of esters is 2. The van der Waals surface area contributed by atoms with Crippen LogP contribution in [0, 0.1) is 0 Å². The second-order valence-corrected chi connectivity index (χ2v) is 17.9. The lowest BCUT2D eigenvalue weighted by molar-refractivity contribution is -0.161. The van der Waals surface area contributed by atoms with Crippen molar-refractivity contribution in [1.82, 2.24) is 0 Å². The predicted octanol–water partition coefficient (Wildman–Crippen LogP) is 11.1. The van der Waals surface area contributed by atoms with Crippen LogP contribution in [0.2, 0.25) is 0 Å². The lowest BCUT2D eigenvalue weighted by Gasteiger charge is -2.20. The first-order chi connectivity index (χ1) is 30.7. The van der Waals surface area contributed by atoms with Crippen molar-refractivity contribution in [3.8, 4) is 0 Å². The number of carbonyl (C=O) groups excluding carboxylic acids is 2. The molecule has 16 heteroatoms. The maximum Gasteiger partial charge on any atom is 0.472 e. The van der Waals surface area contributed by atoms with Gasteiger partial charge in [0.15, 0.2) is 6.10 Å². The highest BCUT2D eigenvalue weighted by Crippen LogP contribution is 2.43. The molecule has 5 N–H and O–H groups in total. The van der Waals surface area contributed by atoms with Gasteiger partial charge in [-0.25, -0.2) is 9.13 Å². The lowest BCUT2D eigenvalue weighted by Crippen LogP contribution is -2.30. The van der Waals surface area contributed by atoms with Crippen LogP contribution < -0.4 is 0 Å². The minimum absolute atomic E-state index is 0.0702. The molecule has 64 heavy (non-hydrogen) atoms. The molecule has 0 heterocycles. The van der Waals surface area contributed by atoms with E-state index in [-0.39, 0.29) is 18.9 Å². The van der Waals surface area contributed by atoms with Crippen LogP contribution in [0.1, 0.15) is 149 Å². The summed E-state index contributed by atoms with van der Waals surface area (Å²) in [4.78, 5) is 52.7. The predicted molar refractivity (Wildman–Crippen MR) is 254 cm³/mol. The van der Waals surface area contributed by atoms with E-state index in [9.17, 15) is 33.8 Å². The Morgan fingerprint density at radius 1 is 0.500 bits per heavy atom. The first-order valence-corrected chi connectivity index (χ1v) is 26.0. The molecule has 1 unspecified atom stereocenters. The normalized spacial score (nSPS) is 15.3. The molecule has 0 aromatic carbocycles.